The van der Waals surface area contributed by atoms with E-state index in [4.69, 9.17) is 11.6 Å². The standard InChI is InChI=1S/C24H16ClF5N2O2/c25-20-11-17(26)6-1-16(20)13-32-22(15-4-9-19(10-5-15)34-24(29)30)12-21(31-32)14-2-7-18(8-3-14)33-23(27)28/h1-12,23-24H,13H2. The van der Waals surface area contributed by atoms with Gasteiger partial charge in [-0.05, 0) is 72.3 Å². The van der Waals surface area contributed by atoms with E-state index in [0.717, 1.165) is 0 Å². The van der Waals surface area contributed by atoms with E-state index in [9.17, 15) is 22.0 Å². The summed E-state index contributed by atoms with van der Waals surface area (Å²) in [5.41, 5.74) is 3.02. The molecule has 176 valence electrons. The van der Waals surface area contributed by atoms with E-state index in [1.165, 1.54) is 36.4 Å². The Hall–Kier alpha value is -3.59. The fraction of sp³-hybridized carbons (Fsp3) is 0.125. The van der Waals surface area contributed by atoms with Gasteiger partial charge in [0.15, 0.2) is 0 Å². The van der Waals surface area contributed by atoms with Crippen molar-refractivity contribution in [2.75, 3.05) is 0 Å². The third-order valence-electron chi connectivity index (χ3n) is 4.87. The lowest BCUT2D eigenvalue weighted by Gasteiger charge is -2.10. The number of ether oxygens (including phenoxy) is 2. The number of halogens is 6. The molecule has 0 fully saturated rings. The van der Waals surface area contributed by atoms with E-state index in [-0.39, 0.29) is 23.1 Å². The Balaban J connectivity index is 1.71. The van der Waals surface area contributed by atoms with Gasteiger partial charge in [-0.25, -0.2) is 4.39 Å². The fourth-order valence-electron chi connectivity index (χ4n) is 3.34. The van der Waals surface area contributed by atoms with E-state index < -0.39 is 19.0 Å². The molecule has 0 aliphatic rings. The third kappa shape index (κ3) is 5.66. The molecule has 0 N–H and O–H groups in total. The van der Waals surface area contributed by atoms with E-state index in [1.807, 2.05) is 0 Å². The van der Waals surface area contributed by atoms with Crippen LogP contribution in [-0.2, 0) is 6.54 Å². The maximum atomic E-state index is 13.5. The van der Waals surface area contributed by atoms with Crippen LogP contribution < -0.4 is 9.47 Å². The highest BCUT2D eigenvalue weighted by molar-refractivity contribution is 6.31. The first-order chi connectivity index (χ1) is 16.3. The monoisotopic (exact) mass is 494 g/mol. The van der Waals surface area contributed by atoms with Gasteiger partial charge in [0.05, 0.1) is 17.9 Å². The molecule has 0 radical (unpaired) electrons. The van der Waals surface area contributed by atoms with Gasteiger partial charge in [0.2, 0.25) is 0 Å². The molecule has 4 rings (SSSR count). The zero-order valence-electron chi connectivity index (χ0n) is 17.3. The summed E-state index contributed by atoms with van der Waals surface area (Å²) in [5, 5.41) is 4.82. The first-order valence-electron chi connectivity index (χ1n) is 9.91. The molecule has 0 aliphatic heterocycles. The van der Waals surface area contributed by atoms with Gasteiger partial charge in [0.1, 0.15) is 17.3 Å². The first-order valence-corrected chi connectivity index (χ1v) is 10.3. The highest BCUT2D eigenvalue weighted by atomic mass is 35.5. The minimum atomic E-state index is -2.94. The lowest BCUT2D eigenvalue weighted by Crippen LogP contribution is -2.05. The number of nitrogens with zero attached hydrogens (tertiary/aromatic N) is 2. The Morgan fingerprint density at radius 3 is 1.85 bits per heavy atom. The maximum Gasteiger partial charge on any atom is 0.387 e. The van der Waals surface area contributed by atoms with Crippen molar-refractivity contribution in [1.82, 2.24) is 9.78 Å². The summed E-state index contributed by atoms with van der Waals surface area (Å²) >= 11 is 6.19. The number of benzene rings is 3. The molecule has 0 amide bonds. The van der Waals surface area contributed by atoms with Gasteiger partial charge in [-0.2, -0.15) is 22.7 Å². The van der Waals surface area contributed by atoms with E-state index in [1.54, 1.807) is 41.1 Å². The molecular formula is C24H16ClF5N2O2. The molecule has 0 aliphatic carbocycles. The Morgan fingerprint density at radius 2 is 1.32 bits per heavy atom. The topological polar surface area (TPSA) is 36.3 Å². The van der Waals surface area contributed by atoms with E-state index >= 15 is 0 Å². The highest BCUT2D eigenvalue weighted by Gasteiger charge is 2.15. The molecule has 1 aromatic heterocycles. The fourth-order valence-corrected chi connectivity index (χ4v) is 3.56. The summed E-state index contributed by atoms with van der Waals surface area (Å²) in [6.45, 7) is -5.69. The number of alkyl halides is 4. The minimum Gasteiger partial charge on any atom is -0.435 e. The Labute approximate surface area is 196 Å². The van der Waals surface area contributed by atoms with Gasteiger partial charge in [0.25, 0.3) is 0 Å². The van der Waals surface area contributed by atoms with Crippen molar-refractivity contribution < 1.29 is 31.4 Å². The second kappa shape index (κ2) is 10.1. The SMILES string of the molecule is Fc1ccc(Cn2nc(-c3ccc(OC(F)F)cc3)cc2-c2ccc(OC(F)F)cc2)c(Cl)c1. The van der Waals surface area contributed by atoms with Crippen molar-refractivity contribution in [3.8, 4) is 34.0 Å². The van der Waals surface area contributed by atoms with Crippen molar-refractivity contribution >= 4 is 11.6 Å². The van der Waals surface area contributed by atoms with Gasteiger partial charge in [-0.3, -0.25) is 4.68 Å². The maximum absolute atomic E-state index is 13.5. The zero-order valence-corrected chi connectivity index (χ0v) is 18.0. The largest absolute Gasteiger partial charge is 0.435 e. The summed E-state index contributed by atoms with van der Waals surface area (Å²) in [6.07, 6.45) is 0. The Kier molecular flexibility index (Phi) is 7.02. The molecule has 0 saturated heterocycles. The smallest absolute Gasteiger partial charge is 0.387 e. The number of aromatic nitrogens is 2. The Morgan fingerprint density at radius 1 is 0.765 bits per heavy atom. The summed E-state index contributed by atoms with van der Waals surface area (Å²) in [5.74, 6) is -0.469. The summed E-state index contributed by atoms with van der Waals surface area (Å²) < 4.78 is 73.7. The van der Waals surface area contributed by atoms with Crippen molar-refractivity contribution in [3.63, 3.8) is 0 Å². The Bertz CT molecular complexity index is 1260. The first kappa shape index (κ1) is 23.6. The quantitative estimate of drug-likeness (QED) is 0.242. The number of hydrogen-bond donors (Lipinski definition) is 0. The third-order valence-corrected chi connectivity index (χ3v) is 5.22. The molecule has 4 nitrogen and oxygen atoms in total. The minimum absolute atomic E-state index is 0.00115. The van der Waals surface area contributed by atoms with Crippen molar-refractivity contribution in [2.24, 2.45) is 0 Å². The van der Waals surface area contributed by atoms with E-state index in [2.05, 4.69) is 14.6 Å². The molecule has 1 heterocycles. The molecule has 0 saturated carbocycles. The molecule has 0 unspecified atom stereocenters. The summed E-state index contributed by atoms with van der Waals surface area (Å²) in [7, 11) is 0. The van der Waals surface area contributed by atoms with Gasteiger partial charge >= 0.3 is 13.2 Å². The average Bonchev–Trinajstić information content (AvgIpc) is 3.20. The molecule has 34 heavy (non-hydrogen) atoms. The molecule has 0 spiro atoms. The number of hydrogen-bond acceptors (Lipinski definition) is 3. The van der Waals surface area contributed by atoms with Gasteiger partial charge in [0, 0.05) is 16.1 Å². The van der Waals surface area contributed by atoms with Crippen LogP contribution in [0.15, 0.2) is 72.8 Å². The van der Waals surface area contributed by atoms with Crippen LogP contribution in [0.2, 0.25) is 5.02 Å². The van der Waals surface area contributed by atoms with Crippen LogP contribution in [0.25, 0.3) is 22.5 Å². The molecule has 0 bridgehead atoms. The molecule has 3 aromatic carbocycles. The average molecular weight is 495 g/mol. The molecule has 0 atom stereocenters. The van der Waals surface area contributed by atoms with Crippen LogP contribution in [0.4, 0.5) is 22.0 Å². The molecule has 4 aromatic rings. The molecule has 10 heteroatoms. The predicted octanol–water partition coefficient (Wildman–Crippen LogP) is 7.26. The molecular weight excluding hydrogens is 479 g/mol. The lowest BCUT2D eigenvalue weighted by molar-refractivity contribution is -0.0505. The van der Waals surface area contributed by atoms with Crippen LogP contribution in [-0.4, -0.2) is 23.0 Å². The normalized spacial score (nSPS) is 11.3. The van der Waals surface area contributed by atoms with Gasteiger partial charge < -0.3 is 9.47 Å². The van der Waals surface area contributed by atoms with Crippen LogP contribution in [0.5, 0.6) is 11.5 Å². The van der Waals surface area contributed by atoms with E-state index in [0.29, 0.717) is 28.1 Å². The second-order valence-electron chi connectivity index (χ2n) is 7.11. The highest BCUT2D eigenvalue weighted by Crippen LogP contribution is 2.30. The van der Waals surface area contributed by atoms with Crippen LogP contribution in [0.1, 0.15) is 5.56 Å². The van der Waals surface area contributed by atoms with Gasteiger partial charge in [-0.1, -0.05) is 17.7 Å². The van der Waals surface area contributed by atoms with Crippen LogP contribution in [0.3, 0.4) is 0 Å². The van der Waals surface area contributed by atoms with Gasteiger partial charge in [-0.15, -0.1) is 0 Å². The van der Waals surface area contributed by atoms with Crippen molar-refractivity contribution in [1.29, 1.82) is 0 Å². The second-order valence-corrected chi connectivity index (χ2v) is 7.52. The van der Waals surface area contributed by atoms with Crippen LogP contribution >= 0.6 is 11.6 Å². The van der Waals surface area contributed by atoms with Crippen molar-refractivity contribution in [3.05, 3.63) is 89.2 Å². The number of rotatable bonds is 8. The predicted molar refractivity (Wildman–Crippen MR) is 117 cm³/mol. The lowest BCUT2D eigenvalue weighted by atomic mass is 10.1. The van der Waals surface area contributed by atoms with Crippen LogP contribution in [0, 0.1) is 5.82 Å². The summed E-state index contributed by atoms with van der Waals surface area (Å²) in [4.78, 5) is 0. The zero-order chi connectivity index (χ0) is 24.2. The summed E-state index contributed by atoms with van der Waals surface area (Å²) in [6, 6.07) is 17.7. The van der Waals surface area contributed by atoms with Crippen molar-refractivity contribution in [2.45, 2.75) is 19.8 Å².